The first-order valence-corrected chi connectivity index (χ1v) is 12.5. The number of ether oxygens (including phenoxy) is 2. The van der Waals surface area contributed by atoms with E-state index in [2.05, 4.69) is 15.3 Å². The molecule has 0 bridgehead atoms. The molecule has 11 nitrogen and oxygen atoms in total. The van der Waals surface area contributed by atoms with Crippen molar-refractivity contribution in [2.24, 2.45) is 14.1 Å². The van der Waals surface area contributed by atoms with Crippen molar-refractivity contribution in [3.63, 3.8) is 0 Å². The Morgan fingerprint density at radius 1 is 0.974 bits per heavy atom. The van der Waals surface area contributed by atoms with Crippen LogP contribution in [0.3, 0.4) is 0 Å². The van der Waals surface area contributed by atoms with Gasteiger partial charge in [0.1, 0.15) is 16.2 Å². The van der Waals surface area contributed by atoms with Crippen LogP contribution in [0.1, 0.15) is 17.3 Å². The molecule has 0 radical (unpaired) electrons. The Morgan fingerprint density at radius 3 is 2.29 bits per heavy atom. The number of nitrogens with one attached hydrogen (secondary N) is 1. The van der Waals surface area contributed by atoms with Gasteiger partial charge in [0, 0.05) is 25.3 Å². The number of methoxy groups -OCH3 is 1. The minimum atomic E-state index is -0.554. The molecule has 4 aromatic rings. The van der Waals surface area contributed by atoms with Crippen LogP contribution >= 0.6 is 11.8 Å². The van der Waals surface area contributed by atoms with Crippen LogP contribution in [-0.4, -0.2) is 50.4 Å². The number of aromatic nitrogens is 4. The van der Waals surface area contributed by atoms with E-state index in [1.54, 1.807) is 62.6 Å². The number of benzene rings is 2. The zero-order valence-electron chi connectivity index (χ0n) is 21.2. The molecule has 2 heterocycles. The van der Waals surface area contributed by atoms with Crippen LogP contribution in [0.25, 0.3) is 22.4 Å². The number of hydrogen-bond acceptors (Lipinski definition) is 9. The second-order valence-electron chi connectivity index (χ2n) is 8.12. The maximum absolute atomic E-state index is 13.0. The Hall–Kier alpha value is -4.45. The van der Waals surface area contributed by atoms with E-state index in [1.807, 2.05) is 0 Å². The van der Waals surface area contributed by atoms with Gasteiger partial charge in [-0.05, 0) is 55.5 Å². The maximum Gasteiger partial charge on any atom is 0.338 e. The number of thioether (sulfide) groups is 1. The lowest BCUT2D eigenvalue weighted by Crippen LogP contribution is -2.37. The second-order valence-corrected chi connectivity index (χ2v) is 9.08. The smallest absolute Gasteiger partial charge is 0.338 e. The fraction of sp³-hybridized carbons (Fsp3) is 0.231. The van der Waals surface area contributed by atoms with Crippen LogP contribution in [0.5, 0.6) is 5.75 Å². The predicted octanol–water partition coefficient (Wildman–Crippen LogP) is 2.61. The highest BCUT2D eigenvalue weighted by Gasteiger charge is 2.19. The van der Waals surface area contributed by atoms with Gasteiger partial charge in [-0.3, -0.25) is 18.7 Å². The minimum Gasteiger partial charge on any atom is -0.497 e. The number of anilines is 1. The summed E-state index contributed by atoms with van der Waals surface area (Å²) in [5.74, 6) is 0.0801. The number of hydrogen-bond donors (Lipinski definition) is 1. The Kier molecular flexibility index (Phi) is 7.91. The maximum atomic E-state index is 13.0. The van der Waals surface area contributed by atoms with Crippen molar-refractivity contribution in [3.05, 3.63) is 74.9 Å². The van der Waals surface area contributed by atoms with E-state index in [0.29, 0.717) is 28.4 Å². The number of esters is 1. The number of fused-ring (bicyclic) bond motifs is 1. The topological polar surface area (TPSA) is 134 Å². The number of amides is 1. The molecule has 0 aliphatic heterocycles. The summed E-state index contributed by atoms with van der Waals surface area (Å²) in [6.07, 6.45) is 0. The SMILES string of the molecule is CCOC(=O)c1ccc(NC(=O)CSc2nc(-c3ccc(OC)cc3)nc3c2c(=O)n(C)c(=O)n3C)cc1. The molecule has 0 fully saturated rings. The molecule has 0 aliphatic rings. The van der Waals surface area contributed by atoms with Gasteiger partial charge in [-0.1, -0.05) is 11.8 Å². The highest BCUT2D eigenvalue weighted by molar-refractivity contribution is 8.00. The molecule has 2 aromatic heterocycles. The number of carbonyl (C=O) groups excluding carboxylic acids is 2. The van der Waals surface area contributed by atoms with Gasteiger partial charge >= 0.3 is 11.7 Å². The monoisotopic (exact) mass is 535 g/mol. The number of rotatable bonds is 8. The lowest BCUT2D eigenvalue weighted by Gasteiger charge is -2.12. The van der Waals surface area contributed by atoms with Gasteiger partial charge in [0.2, 0.25) is 5.91 Å². The summed E-state index contributed by atoms with van der Waals surface area (Å²) in [4.78, 5) is 59.2. The van der Waals surface area contributed by atoms with E-state index in [4.69, 9.17) is 9.47 Å². The summed E-state index contributed by atoms with van der Waals surface area (Å²) in [5, 5.41) is 3.17. The first-order valence-electron chi connectivity index (χ1n) is 11.6. The quantitative estimate of drug-likeness (QED) is 0.205. The van der Waals surface area contributed by atoms with Crippen molar-refractivity contribution >= 4 is 40.4 Å². The largest absolute Gasteiger partial charge is 0.497 e. The van der Waals surface area contributed by atoms with Crippen molar-refractivity contribution in [1.29, 1.82) is 0 Å². The van der Waals surface area contributed by atoms with Crippen molar-refractivity contribution in [2.75, 3.05) is 24.8 Å². The molecule has 1 N–H and O–H groups in total. The van der Waals surface area contributed by atoms with E-state index in [9.17, 15) is 19.2 Å². The third kappa shape index (κ3) is 5.44. The Balaban J connectivity index is 1.64. The zero-order valence-corrected chi connectivity index (χ0v) is 22.0. The van der Waals surface area contributed by atoms with Gasteiger partial charge in [-0.2, -0.15) is 0 Å². The van der Waals surface area contributed by atoms with Gasteiger partial charge in [0.25, 0.3) is 5.56 Å². The van der Waals surface area contributed by atoms with Crippen molar-refractivity contribution in [2.45, 2.75) is 11.9 Å². The van der Waals surface area contributed by atoms with Gasteiger partial charge in [0.15, 0.2) is 11.5 Å². The summed E-state index contributed by atoms with van der Waals surface area (Å²) >= 11 is 1.06. The Bertz CT molecular complexity index is 1630. The van der Waals surface area contributed by atoms with E-state index in [-0.39, 0.29) is 34.3 Å². The highest BCUT2D eigenvalue weighted by atomic mass is 32.2. The Labute approximate surface area is 221 Å². The number of carbonyl (C=O) groups is 2. The van der Waals surface area contributed by atoms with Crippen LogP contribution < -0.4 is 21.3 Å². The summed E-state index contributed by atoms with van der Waals surface area (Å²) in [6, 6.07) is 13.3. The van der Waals surface area contributed by atoms with Crippen molar-refractivity contribution < 1.29 is 19.1 Å². The molecule has 0 saturated carbocycles. The van der Waals surface area contributed by atoms with Crippen LogP contribution in [0.15, 0.2) is 63.1 Å². The van der Waals surface area contributed by atoms with Crippen LogP contribution in [0, 0.1) is 0 Å². The lowest BCUT2D eigenvalue weighted by atomic mass is 10.2. The molecule has 2 aromatic carbocycles. The fourth-order valence-electron chi connectivity index (χ4n) is 3.64. The first-order chi connectivity index (χ1) is 18.2. The molecule has 4 rings (SSSR count). The molecular formula is C26H25N5O6S. The third-order valence-electron chi connectivity index (χ3n) is 5.63. The van der Waals surface area contributed by atoms with E-state index >= 15 is 0 Å². The third-order valence-corrected chi connectivity index (χ3v) is 6.61. The summed E-state index contributed by atoms with van der Waals surface area (Å²) in [5.41, 5.74) is 0.599. The molecule has 1 amide bonds. The van der Waals surface area contributed by atoms with E-state index in [0.717, 1.165) is 16.3 Å². The second kappa shape index (κ2) is 11.3. The molecule has 0 saturated heterocycles. The van der Waals surface area contributed by atoms with Crippen molar-refractivity contribution in [1.82, 2.24) is 19.1 Å². The lowest BCUT2D eigenvalue weighted by molar-refractivity contribution is -0.113. The molecule has 0 aliphatic carbocycles. The van der Waals surface area contributed by atoms with Gasteiger partial charge in [0.05, 0.1) is 25.0 Å². The first kappa shape index (κ1) is 26.6. The molecule has 0 atom stereocenters. The molecule has 0 unspecified atom stereocenters. The molecular weight excluding hydrogens is 510 g/mol. The highest BCUT2D eigenvalue weighted by Crippen LogP contribution is 2.27. The van der Waals surface area contributed by atoms with E-state index in [1.165, 1.54) is 18.7 Å². The summed E-state index contributed by atoms with van der Waals surface area (Å²) in [6.45, 7) is 1.99. The van der Waals surface area contributed by atoms with Gasteiger partial charge < -0.3 is 14.8 Å². The van der Waals surface area contributed by atoms with Crippen LogP contribution in [0.4, 0.5) is 5.69 Å². The fourth-order valence-corrected chi connectivity index (χ4v) is 4.45. The molecule has 196 valence electrons. The van der Waals surface area contributed by atoms with Crippen molar-refractivity contribution in [3.8, 4) is 17.1 Å². The van der Waals surface area contributed by atoms with E-state index < -0.39 is 17.2 Å². The number of aryl methyl sites for hydroxylation is 1. The average molecular weight is 536 g/mol. The normalized spacial score (nSPS) is 10.8. The molecule has 38 heavy (non-hydrogen) atoms. The average Bonchev–Trinajstić information content (AvgIpc) is 2.93. The van der Waals surface area contributed by atoms with Gasteiger partial charge in [-0.15, -0.1) is 0 Å². The number of nitrogens with zero attached hydrogens (tertiary/aromatic N) is 4. The summed E-state index contributed by atoms with van der Waals surface area (Å²) < 4.78 is 12.4. The minimum absolute atomic E-state index is 0.0697. The zero-order chi connectivity index (χ0) is 27.4. The van der Waals surface area contributed by atoms with Crippen LogP contribution in [0.2, 0.25) is 0 Å². The standard InChI is InChI=1S/C26H25N5O6S/c1-5-37-25(34)16-6-10-17(11-7-16)27-19(32)14-38-23-20-22(30(2)26(35)31(3)24(20)33)28-21(29-23)15-8-12-18(36-4)13-9-15/h6-13H,5,14H2,1-4H3,(H,27,32). The predicted molar refractivity (Wildman–Crippen MR) is 144 cm³/mol. The van der Waals surface area contributed by atoms with Gasteiger partial charge in [-0.25, -0.2) is 19.6 Å². The van der Waals surface area contributed by atoms with Crippen LogP contribution in [-0.2, 0) is 23.6 Å². The molecule has 0 spiro atoms. The summed E-state index contributed by atoms with van der Waals surface area (Å²) in [7, 11) is 4.46. The Morgan fingerprint density at radius 2 is 1.66 bits per heavy atom. The molecule has 12 heteroatoms.